The minimum Gasteiger partial charge on any atom is -0.366 e. The van der Waals surface area contributed by atoms with Gasteiger partial charge in [0.2, 0.25) is 5.91 Å². The maximum Gasteiger partial charge on any atom is 0.248 e. The number of hydrogen-bond acceptors (Lipinski definition) is 4. The summed E-state index contributed by atoms with van der Waals surface area (Å²) in [6.07, 6.45) is 0. The molecule has 1 aromatic carbocycles. The number of carbonyl (C=O) groups excluding carboxylic acids is 2. The lowest BCUT2D eigenvalue weighted by atomic mass is 10.2. The van der Waals surface area contributed by atoms with Crippen LogP contribution in [0.15, 0.2) is 34.3 Å². The summed E-state index contributed by atoms with van der Waals surface area (Å²) in [7, 11) is 0. The Morgan fingerprint density at radius 2 is 2.00 bits per heavy atom. The van der Waals surface area contributed by atoms with Crippen molar-refractivity contribution in [1.29, 1.82) is 0 Å². The molecule has 0 aliphatic carbocycles. The first kappa shape index (κ1) is 12.1. The zero-order chi connectivity index (χ0) is 12.0. The predicted octanol–water partition coefficient (Wildman–Crippen LogP) is 1.71. The largest absolute Gasteiger partial charge is 0.366 e. The van der Waals surface area contributed by atoms with Gasteiger partial charge >= 0.3 is 0 Å². The van der Waals surface area contributed by atoms with E-state index in [9.17, 15) is 9.59 Å². The summed E-state index contributed by atoms with van der Waals surface area (Å²) in [5.41, 5.74) is 13.5. The van der Waals surface area contributed by atoms with Gasteiger partial charge in [0.15, 0.2) is 5.12 Å². The van der Waals surface area contributed by atoms with E-state index in [-0.39, 0.29) is 11.7 Å². The van der Waals surface area contributed by atoms with E-state index >= 15 is 0 Å². The summed E-state index contributed by atoms with van der Waals surface area (Å²) in [4.78, 5) is 25.1. The summed E-state index contributed by atoms with van der Waals surface area (Å²) in [5.74, 6) is -0.517. The quantitative estimate of drug-likeness (QED) is 0.372. The van der Waals surface area contributed by atoms with Gasteiger partial charge in [-0.1, -0.05) is 16.9 Å². The Morgan fingerprint density at radius 1 is 1.38 bits per heavy atom. The summed E-state index contributed by atoms with van der Waals surface area (Å²) in [5, 5.41) is 2.89. The molecule has 1 aromatic rings. The van der Waals surface area contributed by atoms with Gasteiger partial charge in [0.05, 0.1) is 6.54 Å². The Kier molecular flexibility index (Phi) is 4.38. The average molecular weight is 236 g/mol. The lowest BCUT2D eigenvalue weighted by molar-refractivity contribution is -0.109. The highest BCUT2D eigenvalue weighted by molar-refractivity contribution is 8.13. The van der Waals surface area contributed by atoms with E-state index in [0.29, 0.717) is 10.5 Å². The minimum atomic E-state index is -0.517. The molecule has 16 heavy (non-hydrogen) atoms. The SMILES string of the molecule is [N-]=[N+]=NCC(=O)Sc1ccc(C(N)=O)cc1. The summed E-state index contributed by atoms with van der Waals surface area (Å²) < 4.78 is 0. The van der Waals surface area contributed by atoms with Crippen LogP contribution in [0.4, 0.5) is 0 Å². The number of amides is 1. The molecule has 1 amide bonds. The van der Waals surface area contributed by atoms with Crippen molar-refractivity contribution in [3.05, 3.63) is 40.3 Å². The van der Waals surface area contributed by atoms with Crippen molar-refractivity contribution in [2.45, 2.75) is 4.90 Å². The van der Waals surface area contributed by atoms with Crippen molar-refractivity contribution in [2.24, 2.45) is 10.8 Å². The van der Waals surface area contributed by atoms with Gasteiger partial charge in [-0.3, -0.25) is 9.59 Å². The third kappa shape index (κ3) is 3.64. The summed E-state index contributed by atoms with van der Waals surface area (Å²) in [6, 6.07) is 6.29. The van der Waals surface area contributed by atoms with Gasteiger partial charge in [0.1, 0.15) is 0 Å². The second-order valence-corrected chi connectivity index (χ2v) is 3.88. The third-order valence-corrected chi connectivity index (χ3v) is 2.50. The van der Waals surface area contributed by atoms with Crippen molar-refractivity contribution in [3.63, 3.8) is 0 Å². The number of benzene rings is 1. The van der Waals surface area contributed by atoms with Crippen molar-refractivity contribution < 1.29 is 9.59 Å². The number of azide groups is 1. The van der Waals surface area contributed by atoms with Gasteiger partial charge in [0, 0.05) is 15.4 Å². The highest BCUT2D eigenvalue weighted by Gasteiger charge is 2.04. The van der Waals surface area contributed by atoms with E-state index in [4.69, 9.17) is 11.3 Å². The third-order valence-electron chi connectivity index (χ3n) is 1.63. The molecule has 6 nitrogen and oxygen atoms in total. The molecule has 0 saturated heterocycles. The molecule has 7 heteroatoms. The summed E-state index contributed by atoms with van der Waals surface area (Å²) >= 11 is 0.948. The van der Waals surface area contributed by atoms with Gasteiger partial charge in [0.25, 0.3) is 0 Å². The monoisotopic (exact) mass is 236 g/mol. The van der Waals surface area contributed by atoms with E-state index in [1.165, 1.54) is 12.1 Å². The Labute approximate surface area is 95.4 Å². The van der Waals surface area contributed by atoms with Crippen LogP contribution >= 0.6 is 11.8 Å². The van der Waals surface area contributed by atoms with Crippen LogP contribution in [0.1, 0.15) is 10.4 Å². The van der Waals surface area contributed by atoms with Gasteiger partial charge in [-0.2, -0.15) is 0 Å². The molecule has 0 radical (unpaired) electrons. The van der Waals surface area contributed by atoms with Crippen molar-refractivity contribution >= 4 is 22.8 Å². The normalized spacial score (nSPS) is 9.25. The molecule has 0 fully saturated rings. The zero-order valence-corrected chi connectivity index (χ0v) is 8.98. The molecule has 0 atom stereocenters. The van der Waals surface area contributed by atoms with Crippen LogP contribution < -0.4 is 5.73 Å². The van der Waals surface area contributed by atoms with Crippen LogP contribution in [-0.2, 0) is 4.79 Å². The molecule has 1 rings (SSSR count). The van der Waals surface area contributed by atoms with Crippen LogP contribution in [0, 0.1) is 0 Å². The van der Waals surface area contributed by atoms with Crippen molar-refractivity contribution in [2.75, 3.05) is 6.54 Å². The number of nitrogens with zero attached hydrogens (tertiary/aromatic N) is 3. The first-order chi connectivity index (χ1) is 7.63. The number of carbonyl (C=O) groups is 2. The number of nitrogens with two attached hydrogens (primary N) is 1. The molecule has 0 aromatic heterocycles. The van der Waals surface area contributed by atoms with Crippen LogP contribution in [0.25, 0.3) is 10.4 Å². The Bertz CT molecular complexity index is 451. The first-order valence-electron chi connectivity index (χ1n) is 4.25. The molecule has 0 aliphatic rings. The standard InChI is InChI=1S/C9H8N4O2S/c10-9(15)6-1-3-7(4-2-6)16-8(14)5-12-13-11/h1-4H,5H2,(H2,10,15). The van der Waals surface area contributed by atoms with E-state index < -0.39 is 5.91 Å². The Hall–Kier alpha value is -1.98. The van der Waals surface area contributed by atoms with Gasteiger partial charge in [-0.05, 0) is 29.8 Å². The van der Waals surface area contributed by atoms with Crippen LogP contribution in [0.3, 0.4) is 0 Å². The number of rotatable bonds is 4. The number of primary amides is 1. The van der Waals surface area contributed by atoms with Crippen molar-refractivity contribution in [3.8, 4) is 0 Å². The van der Waals surface area contributed by atoms with E-state index in [1.54, 1.807) is 12.1 Å². The zero-order valence-electron chi connectivity index (χ0n) is 8.16. The highest BCUT2D eigenvalue weighted by atomic mass is 32.2. The van der Waals surface area contributed by atoms with E-state index in [1.807, 2.05) is 0 Å². The Morgan fingerprint density at radius 3 is 2.50 bits per heavy atom. The minimum absolute atomic E-state index is 0.196. The topological polar surface area (TPSA) is 109 Å². The molecule has 0 saturated carbocycles. The van der Waals surface area contributed by atoms with Crippen LogP contribution in [-0.4, -0.2) is 17.6 Å². The molecule has 0 aliphatic heterocycles. The maximum atomic E-state index is 11.2. The van der Waals surface area contributed by atoms with Gasteiger partial charge < -0.3 is 5.73 Å². The molecular weight excluding hydrogens is 228 g/mol. The predicted molar refractivity (Wildman–Crippen MR) is 59.8 cm³/mol. The fourth-order valence-corrected chi connectivity index (χ4v) is 1.60. The molecule has 2 N–H and O–H groups in total. The van der Waals surface area contributed by atoms with Gasteiger partial charge in [-0.25, -0.2) is 0 Å². The number of thioether (sulfide) groups is 1. The number of hydrogen-bond donors (Lipinski definition) is 1. The average Bonchev–Trinajstić information content (AvgIpc) is 2.27. The van der Waals surface area contributed by atoms with E-state index in [2.05, 4.69) is 10.0 Å². The molecule has 82 valence electrons. The van der Waals surface area contributed by atoms with E-state index in [0.717, 1.165) is 11.8 Å². The highest BCUT2D eigenvalue weighted by Crippen LogP contribution is 2.19. The molecule has 0 heterocycles. The second kappa shape index (κ2) is 5.79. The second-order valence-electron chi connectivity index (χ2n) is 2.75. The molecule has 0 unspecified atom stereocenters. The maximum absolute atomic E-state index is 11.2. The lowest BCUT2D eigenvalue weighted by Gasteiger charge is -1.99. The molecular formula is C9H8N4O2S. The van der Waals surface area contributed by atoms with Gasteiger partial charge in [-0.15, -0.1) is 0 Å². The van der Waals surface area contributed by atoms with Crippen molar-refractivity contribution in [1.82, 2.24) is 0 Å². The smallest absolute Gasteiger partial charge is 0.248 e. The molecule has 0 bridgehead atoms. The first-order valence-corrected chi connectivity index (χ1v) is 5.06. The van der Waals surface area contributed by atoms with Crippen LogP contribution in [0.5, 0.6) is 0 Å². The fraction of sp³-hybridized carbons (Fsp3) is 0.111. The fourth-order valence-electron chi connectivity index (χ4n) is 0.940. The lowest BCUT2D eigenvalue weighted by Crippen LogP contribution is -2.10. The molecule has 0 spiro atoms. The van der Waals surface area contributed by atoms with Crippen LogP contribution in [0.2, 0.25) is 0 Å². The summed E-state index contributed by atoms with van der Waals surface area (Å²) in [6.45, 7) is -0.196. The Balaban J connectivity index is 2.65.